The molecule has 1 aromatic carbocycles. The van der Waals surface area contributed by atoms with Gasteiger partial charge in [0.25, 0.3) is 0 Å². The van der Waals surface area contributed by atoms with Gasteiger partial charge in [0.2, 0.25) is 0 Å². The molecular formula is C12H15ClN2O. The molecule has 0 spiro atoms. The fourth-order valence-corrected chi connectivity index (χ4v) is 1.64. The molecule has 0 bridgehead atoms. The van der Waals surface area contributed by atoms with E-state index >= 15 is 0 Å². The Balaban J connectivity index is 2.55. The van der Waals surface area contributed by atoms with Crippen LogP contribution in [0.25, 0.3) is 0 Å². The number of halogens is 1. The lowest BCUT2D eigenvalue weighted by atomic mass is 10.1. The number of methoxy groups -OCH3 is 1. The van der Waals surface area contributed by atoms with Crippen molar-refractivity contribution in [2.75, 3.05) is 20.3 Å². The number of rotatable bonds is 6. The molecule has 1 atom stereocenters. The van der Waals surface area contributed by atoms with Gasteiger partial charge in [-0.2, -0.15) is 5.26 Å². The lowest BCUT2D eigenvalue weighted by Gasteiger charge is -2.12. The molecule has 1 aromatic rings. The van der Waals surface area contributed by atoms with E-state index in [0.717, 1.165) is 18.5 Å². The van der Waals surface area contributed by atoms with Gasteiger partial charge in [-0.25, -0.2) is 0 Å². The Morgan fingerprint density at radius 3 is 2.88 bits per heavy atom. The van der Waals surface area contributed by atoms with Crippen LogP contribution in [0.5, 0.6) is 0 Å². The van der Waals surface area contributed by atoms with Crippen LogP contribution in [0, 0.1) is 11.3 Å². The van der Waals surface area contributed by atoms with E-state index < -0.39 is 0 Å². The van der Waals surface area contributed by atoms with Crippen molar-refractivity contribution >= 4 is 11.6 Å². The summed E-state index contributed by atoms with van der Waals surface area (Å²) < 4.78 is 4.94. The number of hydrogen-bond acceptors (Lipinski definition) is 3. The Morgan fingerprint density at radius 1 is 1.50 bits per heavy atom. The van der Waals surface area contributed by atoms with Crippen LogP contribution < -0.4 is 5.32 Å². The molecule has 0 aliphatic heterocycles. The van der Waals surface area contributed by atoms with Gasteiger partial charge in [-0.3, -0.25) is 5.32 Å². The van der Waals surface area contributed by atoms with Gasteiger partial charge < -0.3 is 4.74 Å². The third kappa shape index (κ3) is 3.82. The van der Waals surface area contributed by atoms with Crippen LogP contribution in [0.2, 0.25) is 5.02 Å². The highest BCUT2D eigenvalue weighted by atomic mass is 35.5. The summed E-state index contributed by atoms with van der Waals surface area (Å²) in [5.41, 5.74) is 0.823. The van der Waals surface area contributed by atoms with E-state index in [4.69, 9.17) is 21.6 Å². The van der Waals surface area contributed by atoms with Crippen molar-refractivity contribution in [2.24, 2.45) is 0 Å². The summed E-state index contributed by atoms with van der Waals surface area (Å²) in [6, 6.07) is 9.22. The molecule has 0 amide bonds. The minimum absolute atomic E-state index is 0.356. The molecule has 0 radical (unpaired) electrons. The smallest absolute Gasteiger partial charge is 0.122 e. The summed E-state index contributed by atoms with van der Waals surface area (Å²) in [6.07, 6.45) is 0.874. The number of hydrogen-bond donors (Lipinski definition) is 1. The van der Waals surface area contributed by atoms with Crippen LogP contribution in [0.1, 0.15) is 18.0 Å². The lowest BCUT2D eigenvalue weighted by molar-refractivity contribution is 0.194. The van der Waals surface area contributed by atoms with Crippen LogP contribution in [-0.2, 0) is 4.74 Å². The quantitative estimate of drug-likeness (QED) is 0.775. The first-order valence-corrected chi connectivity index (χ1v) is 5.53. The molecule has 0 saturated heterocycles. The second-order valence-corrected chi connectivity index (χ2v) is 3.79. The molecule has 0 aliphatic carbocycles. The summed E-state index contributed by atoms with van der Waals surface area (Å²) in [6.45, 7) is 1.42. The summed E-state index contributed by atoms with van der Waals surface area (Å²) in [4.78, 5) is 0. The Labute approximate surface area is 101 Å². The van der Waals surface area contributed by atoms with E-state index in [-0.39, 0.29) is 6.04 Å². The zero-order valence-electron chi connectivity index (χ0n) is 9.24. The van der Waals surface area contributed by atoms with E-state index in [9.17, 15) is 0 Å². The van der Waals surface area contributed by atoms with E-state index in [2.05, 4.69) is 11.4 Å². The topological polar surface area (TPSA) is 45.0 Å². The van der Waals surface area contributed by atoms with Gasteiger partial charge in [0.05, 0.1) is 6.07 Å². The Bertz CT molecular complexity index is 362. The SMILES string of the molecule is COCCCNC(C#N)c1ccccc1Cl. The van der Waals surface area contributed by atoms with Gasteiger partial charge in [-0.1, -0.05) is 29.8 Å². The fourth-order valence-electron chi connectivity index (χ4n) is 1.40. The van der Waals surface area contributed by atoms with Crippen molar-refractivity contribution in [3.63, 3.8) is 0 Å². The van der Waals surface area contributed by atoms with Crippen LogP contribution >= 0.6 is 11.6 Å². The summed E-state index contributed by atoms with van der Waals surface area (Å²) >= 11 is 6.02. The highest BCUT2D eigenvalue weighted by molar-refractivity contribution is 6.31. The first kappa shape index (κ1) is 13.0. The molecule has 16 heavy (non-hydrogen) atoms. The van der Waals surface area contributed by atoms with E-state index in [1.54, 1.807) is 13.2 Å². The zero-order valence-corrected chi connectivity index (χ0v) is 10.00. The molecule has 4 heteroatoms. The molecule has 0 saturated carbocycles. The largest absolute Gasteiger partial charge is 0.385 e. The van der Waals surface area contributed by atoms with Gasteiger partial charge in [0.15, 0.2) is 0 Å². The molecule has 1 unspecified atom stereocenters. The van der Waals surface area contributed by atoms with Crippen molar-refractivity contribution in [1.82, 2.24) is 5.32 Å². The summed E-state index contributed by atoms with van der Waals surface area (Å²) in [5.74, 6) is 0. The third-order valence-corrected chi connectivity index (χ3v) is 2.56. The fraction of sp³-hybridized carbons (Fsp3) is 0.417. The van der Waals surface area contributed by atoms with Crippen LogP contribution in [0.4, 0.5) is 0 Å². The monoisotopic (exact) mass is 238 g/mol. The van der Waals surface area contributed by atoms with E-state index in [1.807, 2.05) is 18.2 Å². The minimum atomic E-state index is -0.356. The Hall–Kier alpha value is -1.08. The lowest BCUT2D eigenvalue weighted by Crippen LogP contribution is -2.22. The predicted molar refractivity (Wildman–Crippen MR) is 64.3 cm³/mol. The standard InChI is InChI=1S/C12H15ClN2O/c1-16-8-4-7-15-12(9-14)10-5-2-3-6-11(10)13/h2-3,5-6,12,15H,4,7-8H2,1H3. The minimum Gasteiger partial charge on any atom is -0.385 e. The van der Waals surface area contributed by atoms with Crippen molar-refractivity contribution in [3.05, 3.63) is 34.9 Å². The van der Waals surface area contributed by atoms with Crippen LogP contribution in [0.3, 0.4) is 0 Å². The molecule has 0 fully saturated rings. The maximum Gasteiger partial charge on any atom is 0.122 e. The van der Waals surface area contributed by atoms with Crippen LogP contribution in [0.15, 0.2) is 24.3 Å². The number of benzene rings is 1. The van der Waals surface area contributed by atoms with E-state index in [0.29, 0.717) is 11.6 Å². The number of nitriles is 1. The summed E-state index contributed by atoms with van der Waals surface area (Å²) in [7, 11) is 1.66. The zero-order chi connectivity index (χ0) is 11.8. The normalized spacial score (nSPS) is 12.1. The van der Waals surface area contributed by atoms with Crippen molar-refractivity contribution in [1.29, 1.82) is 5.26 Å². The highest BCUT2D eigenvalue weighted by Gasteiger charge is 2.11. The van der Waals surface area contributed by atoms with E-state index in [1.165, 1.54) is 0 Å². The first-order valence-electron chi connectivity index (χ1n) is 5.16. The van der Waals surface area contributed by atoms with Crippen molar-refractivity contribution in [2.45, 2.75) is 12.5 Å². The molecule has 3 nitrogen and oxygen atoms in total. The molecular weight excluding hydrogens is 224 g/mol. The number of ether oxygens (including phenoxy) is 1. The maximum absolute atomic E-state index is 9.06. The third-order valence-electron chi connectivity index (χ3n) is 2.22. The van der Waals surface area contributed by atoms with Gasteiger partial charge in [0, 0.05) is 24.3 Å². The van der Waals surface area contributed by atoms with Crippen molar-refractivity contribution in [3.8, 4) is 6.07 Å². The molecule has 1 rings (SSSR count). The number of nitrogens with one attached hydrogen (secondary N) is 1. The summed E-state index contributed by atoms with van der Waals surface area (Å²) in [5, 5.41) is 12.8. The van der Waals surface area contributed by atoms with Gasteiger partial charge in [-0.15, -0.1) is 0 Å². The van der Waals surface area contributed by atoms with Gasteiger partial charge in [0.1, 0.15) is 6.04 Å². The highest BCUT2D eigenvalue weighted by Crippen LogP contribution is 2.21. The molecule has 0 aromatic heterocycles. The second kappa shape index (κ2) is 7.24. The average molecular weight is 239 g/mol. The maximum atomic E-state index is 9.06. The Morgan fingerprint density at radius 2 is 2.25 bits per heavy atom. The predicted octanol–water partition coefficient (Wildman–Crippen LogP) is 2.53. The van der Waals surface area contributed by atoms with Crippen molar-refractivity contribution < 1.29 is 4.74 Å². The molecule has 0 aliphatic rings. The number of nitrogens with zero attached hydrogens (tertiary/aromatic N) is 1. The average Bonchev–Trinajstić information content (AvgIpc) is 2.31. The molecule has 0 heterocycles. The second-order valence-electron chi connectivity index (χ2n) is 3.38. The molecule has 86 valence electrons. The Kier molecular flexibility index (Phi) is 5.87. The molecule has 1 N–H and O–H groups in total. The van der Waals surface area contributed by atoms with Crippen LogP contribution in [-0.4, -0.2) is 20.3 Å². The van der Waals surface area contributed by atoms with Gasteiger partial charge >= 0.3 is 0 Å². The first-order chi connectivity index (χ1) is 7.79. The van der Waals surface area contributed by atoms with Gasteiger partial charge in [-0.05, 0) is 19.0 Å².